The lowest BCUT2D eigenvalue weighted by Gasteiger charge is -2.22. The van der Waals surface area contributed by atoms with Crippen LogP contribution >= 0.6 is 15.9 Å². The zero-order valence-corrected chi connectivity index (χ0v) is 12.2. The van der Waals surface area contributed by atoms with Crippen LogP contribution in [0.3, 0.4) is 0 Å². The van der Waals surface area contributed by atoms with Crippen molar-refractivity contribution in [2.24, 2.45) is 0 Å². The molecule has 2 aromatic carbocycles. The first-order valence-corrected chi connectivity index (χ1v) is 7.07. The van der Waals surface area contributed by atoms with Gasteiger partial charge in [0.25, 0.3) is 5.92 Å². The lowest BCUT2D eigenvalue weighted by atomic mass is 9.99. The summed E-state index contributed by atoms with van der Waals surface area (Å²) in [5.41, 5.74) is 0.762. The molecule has 20 heavy (non-hydrogen) atoms. The number of halogens is 3. The first-order valence-electron chi connectivity index (χ1n) is 6.16. The van der Waals surface area contributed by atoms with Crippen LogP contribution in [0, 0.1) is 0 Å². The summed E-state index contributed by atoms with van der Waals surface area (Å²) < 4.78 is 28.3. The maximum atomic E-state index is 14.2. The van der Waals surface area contributed by atoms with Gasteiger partial charge in [-0.15, -0.1) is 0 Å². The van der Waals surface area contributed by atoms with Gasteiger partial charge >= 0.3 is 0 Å². The van der Waals surface area contributed by atoms with Gasteiger partial charge < -0.3 is 0 Å². The van der Waals surface area contributed by atoms with Crippen molar-refractivity contribution in [1.29, 1.82) is 0 Å². The highest BCUT2D eigenvalue weighted by atomic mass is 79.9. The van der Waals surface area contributed by atoms with Gasteiger partial charge in [0, 0.05) is 5.56 Å². The van der Waals surface area contributed by atoms with E-state index in [1.807, 2.05) is 0 Å². The summed E-state index contributed by atoms with van der Waals surface area (Å²) in [5, 5.41) is 0. The lowest BCUT2D eigenvalue weighted by molar-refractivity contribution is -0.00331. The van der Waals surface area contributed by atoms with E-state index >= 15 is 0 Å². The second-order valence-corrected chi connectivity index (χ2v) is 5.42. The fourth-order valence-electron chi connectivity index (χ4n) is 1.90. The molecule has 1 atom stereocenters. The molecular formula is C16H13BrF2O. The van der Waals surface area contributed by atoms with Gasteiger partial charge in [0.2, 0.25) is 0 Å². The van der Waals surface area contributed by atoms with Crippen molar-refractivity contribution in [2.75, 3.05) is 0 Å². The number of carbonyl (C=O) groups is 1. The summed E-state index contributed by atoms with van der Waals surface area (Å²) in [5.74, 6) is -3.70. The van der Waals surface area contributed by atoms with Crippen LogP contribution in [0.5, 0.6) is 0 Å². The Hall–Kier alpha value is -1.55. The van der Waals surface area contributed by atoms with Crippen molar-refractivity contribution in [1.82, 2.24) is 0 Å². The Morgan fingerprint density at radius 3 is 2.05 bits per heavy atom. The SMILES string of the molecule is O=C(CC(F)(F)C(Br)c1ccccc1)c1ccccc1. The molecule has 104 valence electrons. The molecule has 0 aliphatic carbocycles. The van der Waals surface area contributed by atoms with Crippen molar-refractivity contribution in [3.8, 4) is 0 Å². The third-order valence-electron chi connectivity index (χ3n) is 2.96. The molecule has 1 unspecified atom stereocenters. The van der Waals surface area contributed by atoms with Gasteiger partial charge in [-0.1, -0.05) is 76.6 Å². The Labute approximate surface area is 124 Å². The second-order valence-electron chi connectivity index (χ2n) is 4.50. The Balaban J connectivity index is 2.13. The number of hydrogen-bond acceptors (Lipinski definition) is 1. The van der Waals surface area contributed by atoms with Gasteiger partial charge in [0.1, 0.15) is 4.83 Å². The monoisotopic (exact) mass is 338 g/mol. The van der Waals surface area contributed by atoms with Crippen molar-refractivity contribution in [2.45, 2.75) is 17.2 Å². The topological polar surface area (TPSA) is 17.1 Å². The molecule has 0 N–H and O–H groups in total. The Morgan fingerprint density at radius 2 is 1.50 bits per heavy atom. The van der Waals surface area contributed by atoms with Crippen LogP contribution < -0.4 is 0 Å². The lowest BCUT2D eigenvalue weighted by Crippen LogP contribution is -2.26. The zero-order valence-electron chi connectivity index (χ0n) is 10.6. The number of carbonyl (C=O) groups excluding carboxylic acids is 1. The van der Waals surface area contributed by atoms with E-state index in [1.165, 1.54) is 0 Å². The minimum Gasteiger partial charge on any atom is -0.294 e. The van der Waals surface area contributed by atoms with Crippen molar-refractivity contribution < 1.29 is 13.6 Å². The van der Waals surface area contributed by atoms with Gasteiger partial charge in [0.05, 0.1) is 6.42 Å². The maximum Gasteiger partial charge on any atom is 0.271 e. The van der Waals surface area contributed by atoms with Crippen LogP contribution in [0.2, 0.25) is 0 Å². The normalized spacial score (nSPS) is 12.9. The number of rotatable bonds is 5. The molecule has 0 amide bonds. The minimum atomic E-state index is -3.14. The molecule has 0 saturated heterocycles. The van der Waals surface area contributed by atoms with E-state index in [2.05, 4.69) is 15.9 Å². The first-order chi connectivity index (χ1) is 9.50. The van der Waals surface area contributed by atoms with E-state index < -0.39 is 23.0 Å². The van der Waals surface area contributed by atoms with Crippen molar-refractivity contribution >= 4 is 21.7 Å². The largest absolute Gasteiger partial charge is 0.294 e. The Morgan fingerprint density at radius 1 is 1.00 bits per heavy atom. The van der Waals surface area contributed by atoms with E-state index in [9.17, 15) is 13.6 Å². The third-order valence-corrected chi connectivity index (χ3v) is 4.15. The van der Waals surface area contributed by atoms with Crippen LogP contribution in [0.4, 0.5) is 8.78 Å². The predicted molar refractivity (Wildman–Crippen MR) is 78.4 cm³/mol. The molecule has 4 heteroatoms. The van der Waals surface area contributed by atoms with E-state index in [4.69, 9.17) is 0 Å². The van der Waals surface area contributed by atoms with Crippen LogP contribution in [0.1, 0.15) is 27.2 Å². The van der Waals surface area contributed by atoms with Crippen LogP contribution in [-0.4, -0.2) is 11.7 Å². The molecule has 0 heterocycles. The number of hydrogen-bond donors (Lipinski definition) is 0. The summed E-state index contributed by atoms with van der Waals surface area (Å²) >= 11 is 3.01. The number of ketones is 1. The smallest absolute Gasteiger partial charge is 0.271 e. The summed E-state index contributed by atoms with van der Waals surface area (Å²) in [6.07, 6.45) is -0.818. The van der Waals surface area contributed by atoms with E-state index in [-0.39, 0.29) is 0 Å². The molecule has 0 fully saturated rings. The van der Waals surface area contributed by atoms with Crippen LogP contribution in [0.25, 0.3) is 0 Å². The molecule has 0 bridgehead atoms. The van der Waals surface area contributed by atoms with E-state index in [1.54, 1.807) is 60.7 Å². The van der Waals surface area contributed by atoms with Crippen molar-refractivity contribution in [3.05, 3.63) is 71.8 Å². The molecule has 2 aromatic rings. The van der Waals surface area contributed by atoms with E-state index in [0.717, 1.165) is 0 Å². The van der Waals surface area contributed by atoms with Gasteiger partial charge in [-0.25, -0.2) is 8.78 Å². The molecule has 0 spiro atoms. The summed E-state index contributed by atoms with van der Waals surface area (Å²) in [6, 6.07) is 16.5. The molecule has 0 aromatic heterocycles. The van der Waals surface area contributed by atoms with Gasteiger partial charge in [-0.3, -0.25) is 4.79 Å². The Kier molecular flexibility index (Phi) is 4.65. The maximum absolute atomic E-state index is 14.2. The molecule has 2 rings (SSSR count). The average Bonchev–Trinajstić information content (AvgIpc) is 2.48. The predicted octanol–water partition coefficient (Wildman–Crippen LogP) is 5.03. The van der Waals surface area contributed by atoms with Crippen molar-refractivity contribution in [3.63, 3.8) is 0 Å². The highest BCUT2D eigenvalue weighted by molar-refractivity contribution is 9.09. The number of alkyl halides is 3. The quantitative estimate of drug-likeness (QED) is 0.551. The Bertz CT molecular complexity index is 570. The third kappa shape index (κ3) is 3.51. The summed E-state index contributed by atoms with van der Waals surface area (Å²) in [4.78, 5) is 10.7. The van der Waals surface area contributed by atoms with Crippen LogP contribution in [0.15, 0.2) is 60.7 Å². The van der Waals surface area contributed by atoms with Gasteiger partial charge in [-0.05, 0) is 5.56 Å². The zero-order chi connectivity index (χ0) is 14.6. The highest BCUT2D eigenvalue weighted by Crippen LogP contribution is 2.41. The van der Waals surface area contributed by atoms with Crippen LogP contribution in [-0.2, 0) is 0 Å². The van der Waals surface area contributed by atoms with E-state index in [0.29, 0.717) is 11.1 Å². The number of benzene rings is 2. The molecule has 0 radical (unpaired) electrons. The second kappa shape index (κ2) is 6.27. The molecule has 0 saturated carbocycles. The summed E-state index contributed by atoms with van der Waals surface area (Å²) in [7, 11) is 0. The number of Topliss-reactive ketones (excluding diaryl/α,β-unsaturated/α-hetero) is 1. The molecule has 1 nitrogen and oxygen atoms in total. The summed E-state index contributed by atoms with van der Waals surface area (Å²) in [6.45, 7) is 0. The average molecular weight is 339 g/mol. The molecular weight excluding hydrogens is 326 g/mol. The van der Waals surface area contributed by atoms with Gasteiger partial charge in [-0.2, -0.15) is 0 Å². The fourth-order valence-corrected chi connectivity index (χ4v) is 2.36. The highest BCUT2D eigenvalue weighted by Gasteiger charge is 2.41. The first kappa shape index (κ1) is 14.9. The standard InChI is InChI=1S/C16H13BrF2O/c17-15(13-9-5-2-6-10-13)16(18,19)11-14(20)12-7-3-1-4-8-12/h1-10,15H,11H2. The fraction of sp³-hybridized carbons (Fsp3) is 0.188. The molecule has 0 aliphatic rings. The minimum absolute atomic E-state index is 0.305. The molecule has 0 aliphatic heterocycles. The van der Waals surface area contributed by atoms with Gasteiger partial charge in [0.15, 0.2) is 5.78 Å².